The fourth-order valence-electron chi connectivity index (χ4n) is 1.78. The van der Waals surface area contributed by atoms with Crippen LogP contribution >= 0.6 is 0 Å². The molecule has 24 heavy (non-hydrogen) atoms. The summed E-state index contributed by atoms with van der Waals surface area (Å²) < 4.78 is 71.3. The van der Waals surface area contributed by atoms with Crippen LogP contribution in [0.2, 0.25) is 0 Å². The Morgan fingerprint density at radius 1 is 1.17 bits per heavy atom. The minimum absolute atomic E-state index is 0.00418. The van der Waals surface area contributed by atoms with E-state index in [2.05, 4.69) is 5.32 Å². The SMILES string of the molecule is CCOC(CN/C(=C\S(=O)(=O)C(F)(F)F)c1ccccc1)OCC. The lowest BCUT2D eigenvalue weighted by molar-refractivity contribution is -0.131. The molecular weight excluding hydrogens is 347 g/mol. The summed E-state index contributed by atoms with van der Waals surface area (Å²) in [7, 11) is -5.42. The highest BCUT2D eigenvalue weighted by atomic mass is 32.2. The molecule has 0 unspecified atom stereocenters. The molecule has 0 amide bonds. The van der Waals surface area contributed by atoms with Crippen LogP contribution in [-0.2, 0) is 19.3 Å². The van der Waals surface area contributed by atoms with Gasteiger partial charge in [-0.3, -0.25) is 0 Å². The number of hydrogen-bond donors (Lipinski definition) is 1. The molecule has 1 rings (SSSR count). The lowest BCUT2D eigenvalue weighted by atomic mass is 10.2. The van der Waals surface area contributed by atoms with Crippen molar-refractivity contribution < 1.29 is 31.1 Å². The highest BCUT2D eigenvalue weighted by Crippen LogP contribution is 2.27. The van der Waals surface area contributed by atoms with Crippen LogP contribution in [0, 0.1) is 0 Å². The Bertz CT molecular complexity index is 624. The number of halogens is 3. The van der Waals surface area contributed by atoms with E-state index < -0.39 is 21.6 Å². The first-order chi connectivity index (χ1) is 11.2. The average Bonchev–Trinajstić information content (AvgIpc) is 2.51. The molecule has 1 N–H and O–H groups in total. The second-order valence-corrected chi connectivity index (χ2v) is 6.40. The normalized spacial score (nSPS) is 13.3. The maximum absolute atomic E-state index is 12.6. The Morgan fingerprint density at radius 3 is 2.17 bits per heavy atom. The molecule has 0 heterocycles. The van der Waals surface area contributed by atoms with Crippen LogP contribution in [0.3, 0.4) is 0 Å². The van der Waals surface area contributed by atoms with Crippen LogP contribution in [-0.4, -0.2) is 40.0 Å². The van der Waals surface area contributed by atoms with E-state index in [0.29, 0.717) is 18.8 Å². The fraction of sp³-hybridized carbons (Fsp3) is 0.467. The molecule has 0 fully saturated rings. The van der Waals surface area contributed by atoms with Gasteiger partial charge < -0.3 is 14.8 Å². The van der Waals surface area contributed by atoms with E-state index in [1.807, 2.05) is 0 Å². The number of sulfone groups is 1. The van der Waals surface area contributed by atoms with E-state index in [-0.39, 0.29) is 17.6 Å². The minimum Gasteiger partial charge on any atom is -0.379 e. The summed E-state index contributed by atoms with van der Waals surface area (Å²) in [6.07, 6.45) is -0.708. The van der Waals surface area contributed by atoms with Crippen LogP contribution in [0.4, 0.5) is 13.2 Å². The predicted octanol–water partition coefficient (Wildman–Crippen LogP) is 2.91. The summed E-state index contributed by atoms with van der Waals surface area (Å²) in [6.45, 7) is 4.17. The van der Waals surface area contributed by atoms with Crippen molar-refractivity contribution in [1.29, 1.82) is 0 Å². The molecule has 5 nitrogen and oxygen atoms in total. The van der Waals surface area contributed by atoms with Crippen molar-refractivity contribution in [3.05, 3.63) is 41.3 Å². The fourth-order valence-corrected chi connectivity index (χ4v) is 2.45. The highest BCUT2D eigenvalue weighted by molar-refractivity contribution is 7.95. The van der Waals surface area contributed by atoms with Gasteiger partial charge in [0.1, 0.15) is 0 Å². The third kappa shape index (κ3) is 6.14. The maximum atomic E-state index is 12.6. The first-order valence-electron chi connectivity index (χ1n) is 7.26. The van der Waals surface area contributed by atoms with Crippen molar-refractivity contribution in [2.24, 2.45) is 0 Å². The standard InChI is InChI=1S/C15H20F3NO4S/c1-3-22-14(23-4-2)10-19-13(12-8-6-5-7-9-12)11-24(20,21)15(16,17)18/h5-9,11,14,19H,3-4,10H2,1-2H3/b13-11-. The van der Waals surface area contributed by atoms with Gasteiger partial charge in [0.25, 0.3) is 9.84 Å². The quantitative estimate of drug-likeness (QED) is 0.680. The maximum Gasteiger partial charge on any atom is 0.501 e. The molecule has 1 aromatic carbocycles. The smallest absolute Gasteiger partial charge is 0.379 e. The van der Waals surface area contributed by atoms with Crippen molar-refractivity contribution >= 4 is 15.5 Å². The molecule has 9 heteroatoms. The van der Waals surface area contributed by atoms with Gasteiger partial charge in [-0.2, -0.15) is 13.2 Å². The van der Waals surface area contributed by atoms with E-state index in [0.717, 1.165) is 0 Å². The molecule has 0 aliphatic heterocycles. The first kappa shape index (κ1) is 20.5. The van der Waals surface area contributed by atoms with E-state index in [4.69, 9.17) is 9.47 Å². The lowest BCUT2D eigenvalue weighted by Crippen LogP contribution is -2.31. The molecule has 0 bridgehead atoms. The van der Waals surface area contributed by atoms with Gasteiger partial charge in [0, 0.05) is 13.2 Å². The Hall–Kier alpha value is -1.58. The molecule has 0 atom stereocenters. The summed E-state index contributed by atoms with van der Waals surface area (Å²) in [6, 6.07) is 7.85. The van der Waals surface area contributed by atoms with Gasteiger partial charge in [-0.05, 0) is 19.4 Å². The Morgan fingerprint density at radius 2 is 1.71 bits per heavy atom. The number of benzene rings is 1. The second-order valence-electron chi connectivity index (χ2n) is 4.61. The number of hydrogen-bond acceptors (Lipinski definition) is 5. The number of rotatable bonds is 9. The predicted molar refractivity (Wildman–Crippen MR) is 84.4 cm³/mol. The van der Waals surface area contributed by atoms with Crippen molar-refractivity contribution in [1.82, 2.24) is 5.32 Å². The molecular formula is C15H20F3NO4S. The van der Waals surface area contributed by atoms with Gasteiger partial charge in [0.2, 0.25) is 0 Å². The van der Waals surface area contributed by atoms with Gasteiger partial charge >= 0.3 is 5.51 Å². The molecule has 0 saturated carbocycles. The third-order valence-electron chi connectivity index (χ3n) is 2.84. The molecule has 0 spiro atoms. The summed E-state index contributed by atoms with van der Waals surface area (Å²) in [5.74, 6) is 0. The number of nitrogens with one attached hydrogen (secondary N) is 1. The lowest BCUT2D eigenvalue weighted by Gasteiger charge is -2.20. The summed E-state index contributed by atoms with van der Waals surface area (Å²) >= 11 is 0. The Balaban J connectivity index is 3.08. The largest absolute Gasteiger partial charge is 0.501 e. The third-order valence-corrected chi connectivity index (χ3v) is 4.04. The second kappa shape index (κ2) is 9.05. The Labute approximate surface area is 139 Å². The van der Waals surface area contributed by atoms with E-state index >= 15 is 0 Å². The van der Waals surface area contributed by atoms with Crippen LogP contribution in [0.1, 0.15) is 19.4 Å². The minimum atomic E-state index is -5.42. The number of alkyl halides is 3. The van der Waals surface area contributed by atoms with Crippen molar-refractivity contribution in [2.75, 3.05) is 19.8 Å². The van der Waals surface area contributed by atoms with E-state index in [1.165, 1.54) is 12.1 Å². The van der Waals surface area contributed by atoms with Gasteiger partial charge in [-0.15, -0.1) is 0 Å². The van der Waals surface area contributed by atoms with Gasteiger partial charge in [-0.1, -0.05) is 30.3 Å². The monoisotopic (exact) mass is 367 g/mol. The van der Waals surface area contributed by atoms with Crippen LogP contribution in [0.25, 0.3) is 5.70 Å². The van der Waals surface area contributed by atoms with Gasteiger partial charge in [-0.25, -0.2) is 8.42 Å². The van der Waals surface area contributed by atoms with Gasteiger partial charge in [0.15, 0.2) is 6.29 Å². The summed E-state index contributed by atoms with van der Waals surface area (Å²) in [5.41, 5.74) is -5.25. The average molecular weight is 367 g/mol. The van der Waals surface area contributed by atoms with Crippen LogP contribution in [0.15, 0.2) is 35.7 Å². The zero-order valence-electron chi connectivity index (χ0n) is 13.3. The summed E-state index contributed by atoms with van der Waals surface area (Å²) in [5, 5.41) is 2.84. The summed E-state index contributed by atoms with van der Waals surface area (Å²) in [4.78, 5) is 0. The molecule has 0 saturated heterocycles. The van der Waals surface area contributed by atoms with Crippen LogP contribution in [0.5, 0.6) is 0 Å². The molecule has 1 aromatic rings. The highest BCUT2D eigenvalue weighted by Gasteiger charge is 2.44. The zero-order chi connectivity index (χ0) is 18.2. The van der Waals surface area contributed by atoms with E-state index in [1.54, 1.807) is 32.0 Å². The van der Waals surface area contributed by atoms with E-state index in [9.17, 15) is 21.6 Å². The van der Waals surface area contributed by atoms with Crippen LogP contribution < -0.4 is 5.32 Å². The molecule has 136 valence electrons. The van der Waals surface area contributed by atoms with Crippen molar-refractivity contribution in [2.45, 2.75) is 25.6 Å². The van der Waals surface area contributed by atoms with Crippen molar-refractivity contribution in [3.8, 4) is 0 Å². The Kier molecular flexibility index (Phi) is 7.71. The molecule has 0 aromatic heterocycles. The van der Waals surface area contributed by atoms with Gasteiger partial charge in [0.05, 0.1) is 17.6 Å². The molecule has 0 aliphatic rings. The number of ether oxygens (including phenoxy) is 2. The first-order valence-corrected chi connectivity index (χ1v) is 8.81. The van der Waals surface area contributed by atoms with Crippen molar-refractivity contribution in [3.63, 3.8) is 0 Å². The zero-order valence-corrected chi connectivity index (χ0v) is 14.2. The molecule has 0 radical (unpaired) electrons. The topological polar surface area (TPSA) is 64.6 Å². The molecule has 0 aliphatic carbocycles.